The third-order valence-corrected chi connectivity index (χ3v) is 3.25. The van der Waals surface area contributed by atoms with E-state index < -0.39 is 0 Å². The van der Waals surface area contributed by atoms with Crippen molar-refractivity contribution in [3.05, 3.63) is 28.0 Å². The smallest absolute Gasteiger partial charge is 0.322 e. The molecule has 0 atom stereocenters. The van der Waals surface area contributed by atoms with Crippen molar-refractivity contribution in [1.82, 2.24) is 15.0 Å². The number of hydrogen-bond acceptors (Lipinski definition) is 6. The molecule has 0 unspecified atom stereocenters. The van der Waals surface area contributed by atoms with Crippen molar-refractivity contribution in [2.75, 3.05) is 24.3 Å². The summed E-state index contributed by atoms with van der Waals surface area (Å²) in [5.41, 5.74) is 1.43. The highest BCUT2D eigenvalue weighted by Gasteiger charge is 2.10. The van der Waals surface area contributed by atoms with E-state index in [1.807, 2.05) is 13.8 Å². The molecule has 0 aliphatic heterocycles. The zero-order valence-electron chi connectivity index (χ0n) is 11.9. The third-order valence-electron chi connectivity index (χ3n) is 2.65. The van der Waals surface area contributed by atoms with Gasteiger partial charge < -0.3 is 15.4 Å². The Bertz CT molecular complexity index is 653. The topological polar surface area (TPSA) is 72.0 Å². The number of hydrogen-bond donors (Lipinski definition) is 2. The maximum absolute atomic E-state index is 13.6. The maximum atomic E-state index is 13.6. The van der Waals surface area contributed by atoms with Gasteiger partial charge in [0.25, 0.3) is 0 Å². The number of rotatable bonds is 5. The second-order valence-corrected chi connectivity index (χ2v) is 5.06. The molecule has 2 N–H and O–H groups in total. The third kappa shape index (κ3) is 3.78. The number of ether oxygens (including phenoxy) is 1. The van der Waals surface area contributed by atoms with Gasteiger partial charge in [0.15, 0.2) is 0 Å². The van der Waals surface area contributed by atoms with Crippen molar-refractivity contribution in [3.63, 3.8) is 0 Å². The Morgan fingerprint density at radius 1 is 1.24 bits per heavy atom. The number of aromatic nitrogens is 3. The minimum absolute atomic E-state index is 0.179. The van der Waals surface area contributed by atoms with Crippen LogP contribution in [0, 0.1) is 12.7 Å². The summed E-state index contributed by atoms with van der Waals surface area (Å²) < 4.78 is 19.1. The summed E-state index contributed by atoms with van der Waals surface area (Å²) in [7, 11) is 1.47. The van der Waals surface area contributed by atoms with Gasteiger partial charge in [0.1, 0.15) is 5.82 Å². The van der Waals surface area contributed by atoms with Crippen LogP contribution < -0.4 is 15.4 Å². The highest BCUT2D eigenvalue weighted by atomic mass is 79.9. The molecule has 0 bridgehead atoms. The maximum Gasteiger partial charge on any atom is 0.322 e. The molecule has 0 aliphatic carbocycles. The minimum Gasteiger partial charge on any atom is -0.467 e. The van der Waals surface area contributed by atoms with Gasteiger partial charge in [0.2, 0.25) is 11.9 Å². The van der Waals surface area contributed by atoms with Crippen LogP contribution in [-0.4, -0.2) is 28.6 Å². The molecule has 0 saturated heterocycles. The molecule has 8 heteroatoms. The van der Waals surface area contributed by atoms with E-state index in [2.05, 4.69) is 41.5 Å². The van der Waals surface area contributed by atoms with Crippen LogP contribution in [0.15, 0.2) is 16.6 Å². The van der Waals surface area contributed by atoms with Crippen LogP contribution in [0.2, 0.25) is 0 Å². The molecule has 6 nitrogen and oxygen atoms in total. The minimum atomic E-state index is -0.365. The Balaban J connectivity index is 2.34. The highest BCUT2D eigenvalue weighted by Crippen LogP contribution is 2.26. The first kappa shape index (κ1) is 15.4. The van der Waals surface area contributed by atoms with E-state index in [4.69, 9.17) is 4.74 Å². The highest BCUT2D eigenvalue weighted by molar-refractivity contribution is 9.10. The molecular formula is C13H15BrFN5O. The van der Waals surface area contributed by atoms with Gasteiger partial charge in [-0.1, -0.05) is 0 Å². The average Bonchev–Trinajstić information content (AvgIpc) is 2.45. The number of benzene rings is 1. The first-order valence-electron chi connectivity index (χ1n) is 6.30. The first-order chi connectivity index (χ1) is 10.0. The van der Waals surface area contributed by atoms with Gasteiger partial charge in [-0.2, -0.15) is 15.0 Å². The van der Waals surface area contributed by atoms with Gasteiger partial charge in [-0.15, -0.1) is 0 Å². The van der Waals surface area contributed by atoms with Crippen molar-refractivity contribution in [2.45, 2.75) is 13.8 Å². The number of anilines is 3. The number of nitrogens with one attached hydrogen (secondary N) is 2. The lowest BCUT2D eigenvalue weighted by molar-refractivity contribution is 0.379. The number of aryl methyl sites for hydroxylation is 1. The largest absolute Gasteiger partial charge is 0.467 e. The van der Waals surface area contributed by atoms with Crippen molar-refractivity contribution in [1.29, 1.82) is 0 Å². The summed E-state index contributed by atoms with van der Waals surface area (Å²) >= 11 is 3.15. The fourth-order valence-corrected chi connectivity index (χ4v) is 2.10. The van der Waals surface area contributed by atoms with Crippen LogP contribution in [0.5, 0.6) is 6.01 Å². The van der Waals surface area contributed by atoms with Crippen LogP contribution >= 0.6 is 15.9 Å². The lowest BCUT2D eigenvalue weighted by Crippen LogP contribution is -2.08. The standard InChI is InChI=1S/C13H15BrFN5O/c1-4-16-11-18-12(20-13(19-11)21-3)17-10-6-9(15)8(14)5-7(10)2/h5-6H,4H2,1-3H3,(H2,16,17,18,19,20). The van der Waals surface area contributed by atoms with E-state index in [0.717, 1.165) is 5.56 Å². The molecule has 0 spiro atoms. The van der Waals surface area contributed by atoms with Gasteiger partial charge in [-0.3, -0.25) is 0 Å². The Kier molecular flexibility index (Phi) is 4.89. The van der Waals surface area contributed by atoms with Crippen LogP contribution in [0.3, 0.4) is 0 Å². The molecule has 1 heterocycles. The van der Waals surface area contributed by atoms with Gasteiger partial charge in [-0.25, -0.2) is 4.39 Å². The second-order valence-electron chi connectivity index (χ2n) is 4.21. The Hall–Kier alpha value is -1.96. The lowest BCUT2D eigenvalue weighted by Gasteiger charge is -2.11. The van der Waals surface area contributed by atoms with Crippen LogP contribution in [0.25, 0.3) is 0 Å². The predicted octanol–water partition coefficient (Wildman–Crippen LogP) is 3.27. The van der Waals surface area contributed by atoms with Crippen molar-refractivity contribution in [3.8, 4) is 6.01 Å². The number of halogens is 2. The Morgan fingerprint density at radius 2 is 1.95 bits per heavy atom. The number of methoxy groups -OCH3 is 1. The zero-order chi connectivity index (χ0) is 15.4. The number of nitrogens with zero attached hydrogens (tertiary/aromatic N) is 3. The van der Waals surface area contributed by atoms with Gasteiger partial charge in [0, 0.05) is 12.2 Å². The molecule has 0 radical (unpaired) electrons. The molecule has 0 saturated carbocycles. The summed E-state index contributed by atoms with van der Waals surface area (Å²) in [6.07, 6.45) is 0. The van der Waals surface area contributed by atoms with E-state index in [1.165, 1.54) is 13.2 Å². The summed E-state index contributed by atoms with van der Waals surface area (Å²) in [6, 6.07) is 3.24. The van der Waals surface area contributed by atoms with Crippen molar-refractivity contribution in [2.24, 2.45) is 0 Å². The van der Waals surface area contributed by atoms with Gasteiger partial charge in [0.05, 0.1) is 11.6 Å². The summed E-state index contributed by atoms with van der Waals surface area (Å²) in [4.78, 5) is 12.4. The lowest BCUT2D eigenvalue weighted by atomic mass is 10.2. The van der Waals surface area contributed by atoms with E-state index in [9.17, 15) is 4.39 Å². The molecule has 1 aromatic carbocycles. The SMILES string of the molecule is CCNc1nc(Nc2cc(F)c(Br)cc2C)nc(OC)n1. The molecule has 2 rings (SSSR count). The molecule has 1 aromatic heterocycles. The quantitative estimate of drug-likeness (QED) is 0.857. The molecule has 0 fully saturated rings. The molecule has 0 aliphatic rings. The zero-order valence-corrected chi connectivity index (χ0v) is 13.5. The fourth-order valence-electron chi connectivity index (χ4n) is 1.64. The van der Waals surface area contributed by atoms with Crippen LogP contribution in [0.4, 0.5) is 22.0 Å². The molecular weight excluding hydrogens is 341 g/mol. The summed E-state index contributed by atoms with van der Waals surface area (Å²) in [5.74, 6) is 0.306. The van der Waals surface area contributed by atoms with Gasteiger partial charge >= 0.3 is 6.01 Å². The second kappa shape index (κ2) is 6.66. The average molecular weight is 356 g/mol. The Labute approximate surface area is 130 Å². The first-order valence-corrected chi connectivity index (χ1v) is 7.09. The van der Waals surface area contributed by atoms with Crippen LogP contribution in [-0.2, 0) is 0 Å². The Morgan fingerprint density at radius 3 is 2.62 bits per heavy atom. The normalized spacial score (nSPS) is 10.3. The summed E-state index contributed by atoms with van der Waals surface area (Å²) in [6.45, 7) is 4.45. The molecule has 21 heavy (non-hydrogen) atoms. The van der Waals surface area contributed by atoms with E-state index >= 15 is 0 Å². The van der Waals surface area contributed by atoms with Crippen molar-refractivity contribution < 1.29 is 9.13 Å². The van der Waals surface area contributed by atoms with E-state index in [-0.39, 0.29) is 17.8 Å². The monoisotopic (exact) mass is 355 g/mol. The predicted molar refractivity (Wildman–Crippen MR) is 82.7 cm³/mol. The van der Waals surface area contributed by atoms with Crippen molar-refractivity contribution >= 4 is 33.5 Å². The van der Waals surface area contributed by atoms with Crippen LogP contribution in [0.1, 0.15) is 12.5 Å². The van der Waals surface area contributed by atoms with E-state index in [1.54, 1.807) is 6.07 Å². The van der Waals surface area contributed by atoms with Gasteiger partial charge in [-0.05, 0) is 47.5 Å². The fraction of sp³-hybridized carbons (Fsp3) is 0.308. The van der Waals surface area contributed by atoms with E-state index in [0.29, 0.717) is 22.7 Å². The molecule has 2 aromatic rings. The molecule has 0 amide bonds. The molecule has 112 valence electrons. The summed E-state index contributed by atoms with van der Waals surface area (Å²) in [5, 5.41) is 5.95.